The third-order valence-corrected chi connectivity index (χ3v) is 8.27. The number of nitrogens with zero attached hydrogens (tertiary/aromatic N) is 3. The van der Waals surface area contributed by atoms with E-state index in [1.165, 1.54) is 12.1 Å². The van der Waals surface area contributed by atoms with Crippen LogP contribution in [0, 0.1) is 15.5 Å². The smallest absolute Gasteiger partial charge is 0.271 e. The summed E-state index contributed by atoms with van der Waals surface area (Å²) < 4.78 is 0. The van der Waals surface area contributed by atoms with E-state index >= 15 is 0 Å². The number of nitrogens with one attached hydrogen (secondary N) is 2. The van der Waals surface area contributed by atoms with Crippen molar-refractivity contribution in [2.45, 2.75) is 44.4 Å². The highest BCUT2D eigenvalue weighted by atomic mass is 35.5. The number of aromatic nitrogens is 2. The number of benzene rings is 2. The van der Waals surface area contributed by atoms with E-state index in [4.69, 9.17) is 21.6 Å². The summed E-state index contributed by atoms with van der Waals surface area (Å²) in [4.78, 5) is 46.6. The molecular formula is C24H22ClN5O4. The number of amides is 2. The third-order valence-electron chi connectivity index (χ3n) is 8.02. The van der Waals surface area contributed by atoms with E-state index in [0.717, 1.165) is 12.1 Å². The van der Waals surface area contributed by atoms with Crippen LogP contribution >= 0.6 is 11.6 Å². The van der Waals surface area contributed by atoms with Crippen LogP contribution in [-0.4, -0.2) is 26.7 Å². The quantitative estimate of drug-likeness (QED) is 0.432. The number of carbonyl (C=O) groups is 2. The molecule has 174 valence electrons. The Hall–Kier alpha value is -3.59. The van der Waals surface area contributed by atoms with Crippen LogP contribution in [0.15, 0.2) is 42.5 Å². The van der Waals surface area contributed by atoms with Gasteiger partial charge in [0.1, 0.15) is 5.41 Å². The van der Waals surface area contributed by atoms with Gasteiger partial charge in [-0.15, -0.1) is 0 Å². The zero-order valence-corrected chi connectivity index (χ0v) is 19.6. The van der Waals surface area contributed by atoms with E-state index in [-0.39, 0.29) is 11.6 Å². The molecule has 1 aromatic heterocycles. The number of fused-ring (bicyclic) bond motifs is 6. The van der Waals surface area contributed by atoms with Gasteiger partial charge < -0.3 is 0 Å². The minimum absolute atomic E-state index is 0.0934. The van der Waals surface area contributed by atoms with Gasteiger partial charge in [0.2, 0.25) is 0 Å². The lowest BCUT2D eigenvalue weighted by molar-refractivity contribution is -0.384. The molecule has 10 heteroatoms. The van der Waals surface area contributed by atoms with Gasteiger partial charge in [-0.05, 0) is 48.6 Å². The second-order valence-corrected chi connectivity index (χ2v) is 10.1. The molecule has 0 saturated heterocycles. The summed E-state index contributed by atoms with van der Waals surface area (Å²) in [5.41, 5.74) is 5.43. The van der Waals surface area contributed by atoms with Crippen LogP contribution in [0.2, 0.25) is 5.02 Å². The van der Waals surface area contributed by atoms with Crippen molar-refractivity contribution in [3.05, 3.63) is 74.6 Å². The van der Waals surface area contributed by atoms with Gasteiger partial charge in [0.15, 0.2) is 0 Å². The molecule has 9 nitrogen and oxygen atoms in total. The molecule has 1 heterocycles. The third kappa shape index (κ3) is 2.79. The molecule has 2 aromatic carbocycles. The summed E-state index contributed by atoms with van der Waals surface area (Å²) in [7, 11) is 0. The molecule has 1 fully saturated rings. The Morgan fingerprint density at radius 3 is 2.32 bits per heavy atom. The predicted molar refractivity (Wildman–Crippen MR) is 125 cm³/mol. The number of halogens is 1. The second kappa shape index (κ2) is 7.20. The van der Waals surface area contributed by atoms with E-state index in [2.05, 4.69) is 17.8 Å². The summed E-state index contributed by atoms with van der Waals surface area (Å²) in [5.74, 6) is -0.861. The Morgan fingerprint density at radius 2 is 1.65 bits per heavy atom. The zero-order valence-electron chi connectivity index (χ0n) is 18.8. The van der Waals surface area contributed by atoms with Crippen LogP contribution in [0.1, 0.15) is 55.4 Å². The first-order chi connectivity index (χ1) is 16.0. The van der Waals surface area contributed by atoms with E-state index in [0.29, 0.717) is 33.7 Å². The lowest BCUT2D eigenvalue weighted by atomic mass is 9.63. The number of hydrogen-bond donors (Lipinski definition) is 2. The number of hydrogen-bond acceptors (Lipinski definition) is 6. The van der Waals surface area contributed by atoms with Crippen molar-refractivity contribution in [3.63, 3.8) is 0 Å². The minimum Gasteiger partial charge on any atom is -0.272 e. The molecule has 0 radical (unpaired) electrons. The molecule has 2 unspecified atom stereocenters. The Balaban J connectivity index is 1.55. The van der Waals surface area contributed by atoms with E-state index in [1.54, 1.807) is 30.3 Å². The number of nitro groups is 1. The first-order valence-corrected chi connectivity index (χ1v) is 11.2. The van der Waals surface area contributed by atoms with Crippen LogP contribution in [-0.2, 0) is 15.6 Å². The highest BCUT2D eigenvalue weighted by Gasteiger charge is 2.73. The molecule has 2 N–H and O–H groups in total. The summed E-state index contributed by atoms with van der Waals surface area (Å²) in [6.45, 7) is 6.10. The molecule has 0 spiro atoms. The van der Waals surface area contributed by atoms with Gasteiger partial charge in [-0.3, -0.25) is 30.6 Å². The Morgan fingerprint density at radius 1 is 0.971 bits per heavy atom. The maximum atomic E-state index is 13.7. The minimum atomic E-state index is -1.06. The zero-order chi connectivity index (χ0) is 24.5. The largest absolute Gasteiger partial charge is 0.272 e. The molecular weight excluding hydrogens is 458 g/mol. The first kappa shape index (κ1) is 22.2. The van der Waals surface area contributed by atoms with E-state index < -0.39 is 27.1 Å². The summed E-state index contributed by atoms with van der Waals surface area (Å²) in [6.07, 6.45) is 1.24. The SMILES string of the molecule is CC12CCC(C(=O)NNC(=O)c3ccc(Cl)cc3)(c3nc4cc([N+](=O)[O-])ccc4nc31)C2(C)C. The first-order valence-electron chi connectivity index (χ1n) is 10.8. The summed E-state index contributed by atoms with van der Waals surface area (Å²) >= 11 is 5.88. The summed E-state index contributed by atoms with van der Waals surface area (Å²) in [5, 5.41) is 11.8. The Labute approximate surface area is 200 Å². The molecule has 2 aliphatic carbocycles. The van der Waals surface area contributed by atoms with Crippen LogP contribution < -0.4 is 10.9 Å². The fraction of sp³-hybridized carbons (Fsp3) is 0.333. The lowest BCUT2D eigenvalue weighted by Crippen LogP contribution is -2.55. The van der Waals surface area contributed by atoms with Crippen LogP contribution in [0.25, 0.3) is 11.0 Å². The molecule has 0 aliphatic heterocycles. The monoisotopic (exact) mass is 479 g/mol. The molecule has 2 atom stereocenters. The average Bonchev–Trinajstić information content (AvgIpc) is 3.10. The second-order valence-electron chi connectivity index (χ2n) is 9.63. The van der Waals surface area contributed by atoms with Gasteiger partial charge in [-0.1, -0.05) is 32.4 Å². The van der Waals surface area contributed by atoms with Crippen molar-refractivity contribution < 1.29 is 14.5 Å². The van der Waals surface area contributed by atoms with Crippen molar-refractivity contribution in [2.75, 3.05) is 0 Å². The Bertz CT molecular complexity index is 1390. The number of carbonyl (C=O) groups excluding carboxylic acids is 2. The van der Waals surface area contributed by atoms with Crippen LogP contribution in [0.5, 0.6) is 0 Å². The normalized spacial score (nSPS) is 24.0. The van der Waals surface area contributed by atoms with Gasteiger partial charge in [-0.2, -0.15) is 0 Å². The van der Waals surface area contributed by atoms with Crippen molar-refractivity contribution >= 4 is 40.1 Å². The van der Waals surface area contributed by atoms with E-state index in [9.17, 15) is 19.7 Å². The average molecular weight is 480 g/mol. The van der Waals surface area contributed by atoms with Gasteiger partial charge >= 0.3 is 0 Å². The van der Waals surface area contributed by atoms with Gasteiger partial charge in [0, 0.05) is 28.1 Å². The fourth-order valence-electron chi connectivity index (χ4n) is 5.60. The topological polar surface area (TPSA) is 127 Å². The molecule has 5 rings (SSSR count). The molecule has 1 saturated carbocycles. The fourth-order valence-corrected chi connectivity index (χ4v) is 5.73. The summed E-state index contributed by atoms with van der Waals surface area (Å²) in [6, 6.07) is 10.7. The Kier molecular flexibility index (Phi) is 4.71. The number of hydrazine groups is 1. The molecule has 2 bridgehead atoms. The maximum absolute atomic E-state index is 13.7. The maximum Gasteiger partial charge on any atom is 0.271 e. The van der Waals surface area contributed by atoms with Crippen molar-refractivity contribution in [3.8, 4) is 0 Å². The van der Waals surface area contributed by atoms with E-state index in [1.807, 2.05) is 13.8 Å². The number of nitro benzene ring substituents is 1. The van der Waals surface area contributed by atoms with Crippen molar-refractivity contribution in [2.24, 2.45) is 5.41 Å². The molecule has 2 amide bonds. The number of rotatable bonds is 3. The highest BCUT2D eigenvalue weighted by molar-refractivity contribution is 6.30. The van der Waals surface area contributed by atoms with Crippen molar-refractivity contribution in [1.82, 2.24) is 20.8 Å². The van der Waals surface area contributed by atoms with Crippen molar-refractivity contribution in [1.29, 1.82) is 0 Å². The van der Waals surface area contributed by atoms with Gasteiger partial charge in [-0.25, -0.2) is 9.97 Å². The van der Waals surface area contributed by atoms with Gasteiger partial charge in [0.05, 0.1) is 27.3 Å². The molecule has 34 heavy (non-hydrogen) atoms. The van der Waals surface area contributed by atoms with Gasteiger partial charge in [0.25, 0.3) is 17.5 Å². The molecule has 2 aliphatic rings. The highest BCUT2D eigenvalue weighted by Crippen LogP contribution is 2.70. The van der Waals surface area contributed by atoms with Crippen LogP contribution in [0.4, 0.5) is 5.69 Å². The number of non-ortho nitro benzene ring substituents is 1. The molecule has 3 aromatic rings. The van der Waals surface area contributed by atoms with Crippen LogP contribution in [0.3, 0.4) is 0 Å². The standard InChI is InChI=1S/C24H22ClN5O4/c1-22(2)23(3)10-11-24(22,21(32)29-28-20(31)13-4-6-14(25)7-5-13)19-18(23)26-16-9-8-15(30(33)34)12-17(16)27-19/h4-9,12H,10-11H2,1-3H3,(H,28,31)(H,29,32). The lowest BCUT2D eigenvalue weighted by Gasteiger charge is -2.39. The predicted octanol–water partition coefficient (Wildman–Crippen LogP) is 3.98.